The second-order valence-electron chi connectivity index (χ2n) is 3.56. The van der Waals surface area contributed by atoms with Crippen LogP contribution in [0.1, 0.15) is 5.82 Å². The number of rotatable bonds is 3. The van der Waals surface area contributed by atoms with Crippen molar-refractivity contribution >= 4 is 17.5 Å². The molecule has 18 heavy (non-hydrogen) atoms. The van der Waals surface area contributed by atoms with E-state index in [1.165, 1.54) is 4.57 Å². The van der Waals surface area contributed by atoms with Crippen molar-refractivity contribution in [2.45, 2.75) is 6.92 Å². The molecular formula is C11H12ClN5O. The maximum Gasteiger partial charge on any atom is 0.356 e. The topological polar surface area (TPSA) is 71.8 Å². The Labute approximate surface area is 109 Å². The molecule has 2 aromatic rings. The first-order valence-electron chi connectivity index (χ1n) is 5.28. The van der Waals surface area contributed by atoms with Crippen molar-refractivity contribution in [2.24, 2.45) is 0 Å². The highest BCUT2D eigenvalue weighted by molar-refractivity contribution is 6.30. The SMILES string of the molecule is CNNc1nc(C)n(-c2ccc(Cl)cc2)c(=O)n1. The molecular weight excluding hydrogens is 254 g/mol. The van der Waals surface area contributed by atoms with Crippen LogP contribution in [0, 0.1) is 6.92 Å². The minimum Gasteiger partial charge on any atom is -0.290 e. The van der Waals surface area contributed by atoms with Crippen LogP contribution in [0.5, 0.6) is 0 Å². The Morgan fingerprint density at radius 3 is 2.44 bits per heavy atom. The van der Waals surface area contributed by atoms with Crippen molar-refractivity contribution < 1.29 is 0 Å². The van der Waals surface area contributed by atoms with Crippen LogP contribution in [0.25, 0.3) is 5.69 Å². The van der Waals surface area contributed by atoms with E-state index in [1.807, 2.05) is 0 Å². The van der Waals surface area contributed by atoms with Crippen LogP contribution in [-0.2, 0) is 0 Å². The number of halogens is 1. The normalized spacial score (nSPS) is 10.4. The Hall–Kier alpha value is -1.92. The maximum absolute atomic E-state index is 11.9. The van der Waals surface area contributed by atoms with Gasteiger partial charge in [0.15, 0.2) is 0 Å². The van der Waals surface area contributed by atoms with E-state index in [9.17, 15) is 4.79 Å². The third-order valence-electron chi connectivity index (χ3n) is 2.31. The fourth-order valence-electron chi connectivity index (χ4n) is 1.56. The van der Waals surface area contributed by atoms with Gasteiger partial charge in [-0.05, 0) is 31.2 Å². The molecule has 0 radical (unpaired) electrons. The highest BCUT2D eigenvalue weighted by atomic mass is 35.5. The third-order valence-corrected chi connectivity index (χ3v) is 2.56. The summed E-state index contributed by atoms with van der Waals surface area (Å²) in [7, 11) is 1.67. The van der Waals surface area contributed by atoms with Crippen molar-refractivity contribution in [3.8, 4) is 5.69 Å². The van der Waals surface area contributed by atoms with E-state index in [-0.39, 0.29) is 5.95 Å². The second kappa shape index (κ2) is 5.16. The molecule has 0 amide bonds. The number of nitrogens with one attached hydrogen (secondary N) is 2. The van der Waals surface area contributed by atoms with Gasteiger partial charge in [-0.25, -0.2) is 14.8 Å². The maximum atomic E-state index is 11.9. The fraction of sp³-hybridized carbons (Fsp3) is 0.182. The lowest BCUT2D eigenvalue weighted by Gasteiger charge is -2.10. The summed E-state index contributed by atoms with van der Waals surface area (Å²) in [6.07, 6.45) is 0. The molecule has 0 bridgehead atoms. The van der Waals surface area contributed by atoms with Gasteiger partial charge in [0.05, 0.1) is 5.69 Å². The molecule has 7 heteroatoms. The van der Waals surface area contributed by atoms with Crippen LogP contribution in [0.3, 0.4) is 0 Å². The van der Waals surface area contributed by atoms with Crippen molar-refractivity contribution in [1.29, 1.82) is 0 Å². The van der Waals surface area contributed by atoms with E-state index in [0.29, 0.717) is 16.5 Å². The molecule has 0 spiro atoms. The van der Waals surface area contributed by atoms with Gasteiger partial charge in [-0.1, -0.05) is 11.6 Å². The lowest BCUT2D eigenvalue weighted by molar-refractivity contribution is 0.796. The van der Waals surface area contributed by atoms with Crippen LogP contribution < -0.4 is 16.5 Å². The highest BCUT2D eigenvalue weighted by Gasteiger charge is 2.08. The van der Waals surface area contributed by atoms with Gasteiger partial charge < -0.3 is 0 Å². The Balaban J connectivity index is 2.52. The van der Waals surface area contributed by atoms with Gasteiger partial charge in [-0.3, -0.25) is 5.43 Å². The molecule has 0 aliphatic rings. The highest BCUT2D eigenvalue weighted by Crippen LogP contribution is 2.13. The van der Waals surface area contributed by atoms with Crippen molar-refractivity contribution in [2.75, 3.05) is 12.5 Å². The largest absolute Gasteiger partial charge is 0.356 e. The minimum atomic E-state index is -0.400. The number of aromatic nitrogens is 3. The lowest BCUT2D eigenvalue weighted by atomic mass is 10.3. The first-order chi connectivity index (χ1) is 8.61. The Morgan fingerprint density at radius 2 is 1.89 bits per heavy atom. The number of benzene rings is 1. The molecule has 6 nitrogen and oxygen atoms in total. The average molecular weight is 266 g/mol. The smallest absolute Gasteiger partial charge is 0.290 e. The quantitative estimate of drug-likeness (QED) is 0.814. The Morgan fingerprint density at radius 1 is 1.22 bits per heavy atom. The van der Waals surface area contributed by atoms with Gasteiger partial charge in [-0.15, -0.1) is 0 Å². The molecule has 1 aromatic heterocycles. The van der Waals surface area contributed by atoms with E-state index in [4.69, 9.17) is 11.6 Å². The molecule has 0 fully saturated rings. The number of hydrogen-bond donors (Lipinski definition) is 2. The molecule has 1 aromatic carbocycles. The molecule has 0 aliphatic heterocycles. The van der Waals surface area contributed by atoms with Crippen LogP contribution in [0.2, 0.25) is 5.02 Å². The monoisotopic (exact) mass is 265 g/mol. The molecule has 94 valence electrons. The number of nitrogens with zero attached hydrogens (tertiary/aromatic N) is 3. The number of hydrogen-bond acceptors (Lipinski definition) is 5. The summed E-state index contributed by atoms with van der Waals surface area (Å²) >= 11 is 5.81. The molecule has 2 rings (SSSR count). The van der Waals surface area contributed by atoms with Crippen molar-refractivity contribution in [3.63, 3.8) is 0 Å². The summed E-state index contributed by atoms with van der Waals surface area (Å²) in [6.45, 7) is 1.73. The van der Waals surface area contributed by atoms with Crippen LogP contribution >= 0.6 is 11.6 Å². The first kappa shape index (κ1) is 12.5. The standard InChI is InChI=1S/C11H12ClN5O/c1-7-14-10(16-13-2)15-11(18)17(7)9-5-3-8(12)4-6-9/h3-6,13H,1-2H3,(H,15,16,18). The number of anilines is 1. The predicted octanol–water partition coefficient (Wildman–Crippen LogP) is 1.14. The minimum absolute atomic E-state index is 0.241. The van der Waals surface area contributed by atoms with Crippen LogP contribution in [0.15, 0.2) is 29.1 Å². The van der Waals surface area contributed by atoms with E-state index in [0.717, 1.165) is 0 Å². The zero-order chi connectivity index (χ0) is 13.1. The lowest BCUT2D eigenvalue weighted by Crippen LogP contribution is -2.28. The summed E-state index contributed by atoms with van der Waals surface area (Å²) in [5.74, 6) is 0.778. The average Bonchev–Trinajstić information content (AvgIpc) is 2.31. The molecule has 0 saturated carbocycles. The van der Waals surface area contributed by atoms with E-state index < -0.39 is 5.69 Å². The van der Waals surface area contributed by atoms with E-state index >= 15 is 0 Å². The number of hydrazine groups is 1. The summed E-state index contributed by atoms with van der Waals surface area (Å²) in [4.78, 5) is 19.9. The van der Waals surface area contributed by atoms with Gasteiger partial charge in [-0.2, -0.15) is 9.97 Å². The molecule has 0 aliphatic carbocycles. The molecule has 0 atom stereocenters. The fourth-order valence-corrected chi connectivity index (χ4v) is 1.69. The molecule has 0 saturated heterocycles. The van der Waals surface area contributed by atoms with Crippen molar-refractivity contribution in [3.05, 3.63) is 45.6 Å². The van der Waals surface area contributed by atoms with Crippen molar-refractivity contribution in [1.82, 2.24) is 20.0 Å². The first-order valence-corrected chi connectivity index (χ1v) is 5.66. The van der Waals surface area contributed by atoms with Crippen LogP contribution in [-0.4, -0.2) is 21.6 Å². The Kier molecular flexibility index (Phi) is 3.59. The molecule has 1 heterocycles. The van der Waals surface area contributed by atoms with Gasteiger partial charge >= 0.3 is 5.69 Å². The zero-order valence-electron chi connectivity index (χ0n) is 9.94. The van der Waals surface area contributed by atoms with Gasteiger partial charge in [0, 0.05) is 12.1 Å². The second-order valence-corrected chi connectivity index (χ2v) is 4.00. The molecule has 2 N–H and O–H groups in total. The summed E-state index contributed by atoms with van der Waals surface area (Å²) < 4.78 is 1.41. The zero-order valence-corrected chi connectivity index (χ0v) is 10.7. The third kappa shape index (κ3) is 2.49. The van der Waals surface area contributed by atoms with Gasteiger partial charge in [0.2, 0.25) is 5.95 Å². The number of aryl methyl sites for hydroxylation is 1. The van der Waals surface area contributed by atoms with Crippen LogP contribution in [0.4, 0.5) is 5.95 Å². The van der Waals surface area contributed by atoms with E-state index in [1.54, 1.807) is 38.2 Å². The predicted molar refractivity (Wildman–Crippen MR) is 70.1 cm³/mol. The Bertz CT molecular complexity index is 608. The summed E-state index contributed by atoms with van der Waals surface area (Å²) in [6, 6.07) is 6.90. The van der Waals surface area contributed by atoms with E-state index in [2.05, 4.69) is 20.8 Å². The summed E-state index contributed by atoms with van der Waals surface area (Å²) in [5.41, 5.74) is 5.61. The summed E-state index contributed by atoms with van der Waals surface area (Å²) in [5, 5.41) is 0.610. The molecule has 0 unspecified atom stereocenters. The van der Waals surface area contributed by atoms with Gasteiger partial charge in [0.1, 0.15) is 5.82 Å². The van der Waals surface area contributed by atoms with Gasteiger partial charge in [0.25, 0.3) is 0 Å².